The molecule has 1 aliphatic rings. The highest BCUT2D eigenvalue weighted by Gasteiger charge is 2.29. The number of hydrogen-bond donors (Lipinski definition) is 1. The van der Waals surface area contributed by atoms with Crippen molar-refractivity contribution in [1.29, 1.82) is 0 Å². The lowest BCUT2D eigenvalue weighted by molar-refractivity contribution is -0.139. The van der Waals surface area contributed by atoms with Crippen molar-refractivity contribution in [3.63, 3.8) is 0 Å². The van der Waals surface area contributed by atoms with Crippen LogP contribution in [-0.4, -0.2) is 38.6 Å². The maximum atomic E-state index is 11.5. The van der Waals surface area contributed by atoms with Crippen molar-refractivity contribution in [3.8, 4) is 11.3 Å². The van der Waals surface area contributed by atoms with Gasteiger partial charge in [0.2, 0.25) is 0 Å². The molecule has 1 fully saturated rings. The fourth-order valence-electron chi connectivity index (χ4n) is 2.83. The molecule has 1 aliphatic heterocycles. The van der Waals surface area contributed by atoms with Gasteiger partial charge >= 0.3 is 5.97 Å². The number of aliphatic carboxylic acids is 1. The van der Waals surface area contributed by atoms with E-state index in [1.54, 1.807) is 12.4 Å². The molecule has 1 atom stereocenters. The second-order valence-electron chi connectivity index (χ2n) is 5.44. The monoisotopic (exact) mass is 298 g/mol. The minimum absolute atomic E-state index is 0.506. The van der Waals surface area contributed by atoms with Crippen molar-refractivity contribution in [2.24, 2.45) is 0 Å². The van der Waals surface area contributed by atoms with Crippen molar-refractivity contribution in [1.82, 2.24) is 15.0 Å². The van der Waals surface area contributed by atoms with Gasteiger partial charge < -0.3 is 10.0 Å². The molecule has 3 rings (SSSR count). The normalized spacial score (nSPS) is 18.2. The topological polar surface area (TPSA) is 79.2 Å². The van der Waals surface area contributed by atoms with Crippen LogP contribution in [0.15, 0.2) is 30.6 Å². The van der Waals surface area contributed by atoms with Crippen molar-refractivity contribution in [2.75, 3.05) is 11.4 Å². The zero-order chi connectivity index (χ0) is 15.5. The highest BCUT2D eigenvalue weighted by molar-refractivity contribution is 5.78. The van der Waals surface area contributed by atoms with Gasteiger partial charge in [0.1, 0.15) is 17.7 Å². The molecule has 1 saturated heterocycles. The van der Waals surface area contributed by atoms with E-state index in [1.807, 2.05) is 30.0 Å². The summed E-state index contributed by atoms with van der Waals surface area (Å²) in [6.45, 7) is 2.54. The summed E-state index contributed by atoms with van der Waals surface area (Å²) in [5, 5.41) is 9.43. The first-order valence-corrected chi connectivity index (χ1v) is 7.40. The Bertz CT molecular complexity index is 675. The molecule has 6 nitrogen and oxygen atoms in total. The molecule has 2 aromatic rings. The van der Waals surface area contributed by atoms with E-state index >= 15 is 0 Å². The predicted octanol–water partition coefficient (Wildman–Crippen LogP) is 2.29. The Morgan fingerprint density at radius 1 is 1.27 bits per heavy atom. The van der Waals surface area contributed by atoms with Crippen LogP contribution in [0, 0.1) is 6.92 Å². The molecule has 0 saturated carbocycles. The number of carboxylic acid groups (broad SMARTS) is 1. The van der Waals surface area contributed by atoms with E-state index in [0.717, 1.165) is 24.1 Å². The quantitative estimate of drug-likeness (QED) is 0.936. The lowest BCUT2D eigenvalue weighted by atomic mass is 10.0. The molecule has 1 unspecified atom stereocenters. The molecule has 6 heteroatoms. The summed E-state index contributed by atoms with van der Waals surface area (Å²) in [5.41, 5.74) is 1.74. The third-order valence-electron chi connectivity index (χ3n) is 3.88. The van der Waals surface area contributed by atoms with Crippen molar-refractivity contribution >= 4 is 11.8 Å². The van der Waals surface area contributed by atoms with Gasteiger partial charge in [-0.05, 0) is 38.3 Å². The Morgan fingerprint density at radius 2 is 2.05 bits per heavy atom. The first-order chi connectivity index (χ1) is 10.6. The van der Waals surface area contributed by atoms with Gasteiger partial charge in [-0.3, -0.25) is 4.98 Å². The zero-order valence-corrected chi connectivity index (χ0v) is 12.4. The van der Waals surface area contributed by atoms with Crippen molar-refractivity contribution < 1.29 is 9.90 Å². The third kappa shape index (κ3) is 2.90. The lowest BCUT2D eigenvalue weighted by Gasteiger charge is -2.34. The van der Waals surface area contributed by atoms with Gasteiger partial charge in [-0.1, -0.05) is 0 Å². The molecule has 0 bridgehead atoms. The number of pyridine rings is 1. The van der Waals surface area contributed by atoms with Gasteiger partial charge in [0, 0.05) is 30.6 Å². The molecule has 0 spiro atoms. The third-order valence-corrected chi connectivity index (χ3v) is 3.88. The van der Waals surface area contributed by atoms with Crippen LogP contribution in [0.5, 0.6) is 0 Å². The second kappa shape index (κ2) is 6.09. The molecular weight excluding hydrogens is 280 g/mol. The van der Waals surface area contributed by atoms with E-state index in [-0.39, 0.29) is 0 Å². The second-order valence-corrected chi connectivity index (χ2v) is 5.44. The highest BCUT2D eigenvalue weighted by Crippen LogP contribution is 2.27. The fraction of sp³-hybridized carbons (Fsp3) is 0.375. The predicted molar refractivity (Wildman–Crippen MR) is 82.6 cm³/mol. The summed E-state index contributed by atoms with van der Waals surface area (Å²) >= 11 is 0. The zero-order valence-electron chi connectivity index (χ0n) is 12.4. The average Bonchev–Trinajstić information content (AvgIpc) is 2.55. The van der Waals surface area contributed by atoms with Gasteiger partial charge in [-0.25, -0.2) is 14.8 Å². The van der Waals surface area contributed by atoms with E-state index in [2.05, 4.69) is 15.0 Å². The molecule has 1 N–H and O–H groups in total. The first-order valence-electron chi connectivity index (χ1n) is 7.40. The molecule has 0 amide bonds. The molecule has 22 heavy (non-hydrogen) atoms. The average molecular weight is 298 g/mol. The van der Waals surface area contributed by atoms with Gasteiger partial charge in [-0.2, -0.15) is 0 Å². The number of hydrogen-bond acceptors (Lipinski definition) is 5. The maximum absolute atomic E-state index is 11.5. The number of aromatic nitrogens is 3. The number of rotatable bonds is 3. The summed E-state index contributed by atoms with van der Waals surface area (Å²) in [7, 11) is 0. The summed E-state index contributed by atoms with van der Waals surface area (Å²) in [4.78, 5) is 26.3. The van der Waals surface area contributed by atoms with Crippen LogP contribution in [0.4, 0.5) is 5.82 Å². The van der Waals surface area contributed by atoms with Gasteiger partial charge in [0.25, 0.3) is 0 Å². The van der Waals surface area contributed by atoms with Crippen LogP contribution in [0.25, 0.3) is 11.3 Å². The van der Waals surface area contributed by atoms with Crippen LogP contribution in [-0.2, 0) is 4.79 Å². The molecule has 0 aromatic carbocycles. The minimum Gasteiger partial charge on any atom is -0.480 e. The molecule has 2 aromatic heterocycles. The Labute approximate surface area is 128 Å². The van der Waals surface area contributed by atoms with Crippen LogP contribution >= 0.6 is 0 Å². The van der Waals surface area contributed by atoms with E-state index in [9.17, 15) is 9.90 Å². The van der Waals surface area contributed by atoms with E-state index in [1.165, 1.54) is 0 Å². The van der Waals surface area contributed by atoms with E-state index in [0.29, 0.717) is 24.6 Å². The van der Waals surface area contributed by atoms with Gasteiger partial charge in [0.05, 0.1) is 5.69 Å². The van der Waals surface area contributed by atoms with Crippen LogP contribution < -0.4 is 4.90 Å². The first kappa shape index (κ1) is 14.4. The Balaban J connectivity index is 2.00. The van der Waals surface area contributed by atoms with E-state index in [4.69, 9.17) is 0 Å². The number of carboxylic acids is 1. The largest absolute Gasteiger partial charge is 0.480 e. The fourth-order valence-corrected chi connectivity index (χ4v) is 2.83. The van der Waals surface area contributed by atoms with E-state index < -0.39 is 12.0 Å². The smallest absolute Gasteiger partial charge is 0.326 e. The number of aryl methyl sites for hydroxylation is 1. The maximum Gasteiger partial charge on any atom is 0.326 e. The lowest BCUT2D eigenvalue weighted by Crippen LogP contribution is -2.45. The molecular formula is C16H18N4O2. The number of piperidine rings is 1. The van der Waals surface area contributed by atoms with Crippen LogP contribution in [0.2, 0.25) is 0 Å². The van der Waals surface area contributed by atoms with Crippen LogP contribution in [0.3, 0.4) is 0 Å². The highest BCUT2D eigenvalue weighted by atomic mass is 16.4. The standard InChI is InChI=1S/C16H18N4O2/c1-11-18-13(12-5-7-17-8-6-12)10-15(19-11)20-9-3-2-4-14(20)16(21)22/h5-8,10,14H,2-4,9H2,1H3,(H,21,22). The SMILES string of the molecule is Cc1nc(-c2ccncc2)cc(N2CCCCC2C(=O)O)n1. The molecule has 3 heterocycles. The Kier molecular flexibility index (Phi) is 4.00. The molecule has 0 aliphatic carbocycles. The Hall–Kier alpha value is -2.50. The molecule has 114 valence electrons. The van der Waals surface area contributed by atoms with Gasteiger partial charge in [-0.15, -0.1) is 0 Å². The summed E-state index contributed by atoms with van der Waals surface area (Å²) < 4.78 is 0. The minimum atomic E-state index is -0.790. The summed E-state index contributed by atoms with van der Waals surface area (Å²) in [6.07, 6.45) is 6.01. The summed E-state index contributed by atoms with van der Waals surface area (Å²) in [5.74, 6) is 0.534. The van der Waals surface area contributed by atoms with Crippen molar-refractivity contribution in [3.05, 3.63) is 36.4 Å². The van der Waals surface area contributed by atoms with Gasteiger partial charge in [0.15, 0.2) is 0 Å². The summed E-state index contributed by atoms with van der Waals surface area (Å²) in [6, 6.07) is 5.13. The number of nitrogens with zero attached hydrogens (tertiary/aromatic N) is 4. The molecule has 0 radical (unpaired) electrons. The number of carbonyl (C=O) groups is 1. The van der Waals surface area contributed by atoms with Crippen molar-refractivity contribution in [2.45, 2.75) is 32.2 Å². The number of anilines is 1. The van der Waals surface area contributed by atoms with Crippen LogP contribution in [0.1, 0.15) is 25.1 Å². The Morgan fingerprint density at radius 3 is 2.77 bits per heavy atom.